The molecule has 1 heterocycles. The molecule has 0 saturated heterocycles. The van der Waals surface area contributed by atoms with Gasteiger partial charge in [0.15, 0.2) is 0 Å². The van der Waals surface area contributed by atoms with Crippen LogP contribution in [0, 0.1) is 0 Å². The minimum Gasteiger partial charge on any atom is -0.383 e. The van der Waals surface area contributed by atoms with Crippen LogP contribution in [0.4, 0.5) is 5.82 Å². The van der Waals surface area contributed by atoms with Crippen LogP contribution in [0.1, 0.15) is 10.4 Å². The number of carbonyl (C=O) groups is 1. The molecule has 5 nitrogen and oxygen atoms in total. The molecular weight excluding hydrogens is 180 g/mol. The van der Waals surface area contributed by atoms with Gasteiger partial charge in [0, 0.05) is 7.05 Å². The Labute approximate surface area is 74.0 Å². The fraction of sp³-hybridized carbons (Fsp3) is 0.167. The monoisotopic (exact) mass is 186 g/mol. The first kappa shape index (κ1) is 8.73. The summed E-state index contributed by atoms with van der Waals surface area (Å²) in [5.74, 6) is -0.313. The largest absolute Gasteiger partial charge is 0.383 e. The second-order valence-electron chi connectivity index (χ2n) is 2.00. The highest BCUT2D eigenvalue weighted by Crippen LogP contribution is 2.15. The lowest BCUT2D eigenvalue weighted by molar-refractivity contribution is 0.0963. The summed E-state index contributed by atoms with van der Waals surface area (Å²) < 4.78 is 0. The molecule has 0 radical (unpaired) electrons. The molecule has 0 bridgehead atoms. The van der Waals surface area contributed by atoms with Crippen molar-refractivity contribution in [2.75, 3.05) is 12.8 Å². The Balaban J connectivity index is 3.21. The number of carbonyl (C=O) groups excluding carboxylic acids is 1. The van der Waals surface area contributed by atoms with Crippen molar-refractivity contribution in [3.05, 3.63) is 17.0 Å². The van der Waals surface area contributed by atoms with Gasteiger partial charge in [0.25, 0.3) is 5.91 Å². The van der Waals surface area contributed by atoms with E-state index in [-0.39, 0.29) is 16.5 Å². The molecule has 0 spiro atoms. The number of nitrogens with two attached hydrogens (primary N) is 1. The van der Waals surface area contributed by atoms with Crippen LogP contribution in [0.5, 0.6) is 0 Å². The van der Waals surface area contributed by atoms with Crippen molar-refractivity contribution in [3.8, 4) is 0 Å². The van der Waals surface area contributed by atoms with Gasteiger partial charge >= 0.3 is 0 Å². The minimum atomic E-state index is -0.391. The van der Waals surface area contributed by atoms with E-state index < -0.39 is 5.91 Å². The number of nitrogen functional groups attached to an aromatic ring is 1. The first-order chi connectivity index (χ1) is 5.66. The van der Waals surface area contributed by atoms with Crippen molar-refractivity contribution >= 4 is 23.3 Å². The van der Waals surface area contributed by atoms with Crippen molar-refractivity contribution in [2.45, 2.75) is 0 Å². The van der Waals surface area contributed by atoms with Crippen LogP contribution in [0.3, 0.4) is 0 Å². The Kier molecular flexibility index (Phi) is 2.44. The fourth-order valence-corrected chi connectivity index (χ4v) is 0.938. The molecule has 1 aromatic rings. The molecule has 0 unspecified atom stereocenters. The zero-order valence-corrected chi connectivity index (χ0v) is 7.09. The molecule has 0 aromatic carbocycles. The van der Waals surface area contributed by atoms with Crippen molar-refractivity contribution in [3.63, 3.8) is 0 Å². The van der Waals surface area contributed by atoms with E-state index in [0.717, 1.165) is 0 Å². The van der Waals surface area contributed by atoms with Crippen molar-refractivity contribution in [1.82, 2.24) is 15.3 Å². The number of hydrogen-bond donors (Lipinski definition) is 2. The molecule has 1 amide bonds. The Morgan fingerprint density at radius 3 is 2.83 bits per heavy atom. The summed E-state index contributed by atoms with van der Waals surface area (Å²) in [7, 11) is 1.48. The molecule has 1 aromatic heterocycles. The maximum Gasteiger partial charge on any atom is 0.257 e. The van der Waals surface area contributed by atoms with Gasteiger partial charge in [-0.2, -0.15) is 0 Å². The van der Waals surface area contributed by atoms with E-state index in [1.165, 1.54) is 13.4 Å². The third-order valence-corrected chi connectivity index (χ3v) is 1.57. The van der Waals surface area contributed by atoms with Crippen LogP contribution in [0.2, 0.25) is 5.15 Å². The smallest absolute Gasteiger partial charge is 0.257 e. The number of hydrogen-bond acceptors (Lipinski definition) is 4. The predicted octanol–water partition coefficient (Wildman–Crippen LogP) is 0.0718. The van der Waals surface area contributed by atoms with Gasteiger partial charge in [-0.3, -0.25) is 4.79 Å². The summed E-state index contributed by atoms with van der Waals surface area (Å²) in [6, 6.07) is 0. The second kappa shape index (κ2) is 3.36. The molecule has 0 saturated carbocycles. The summed E-state index contributed by atoms with van der Waals surface area (Å²) in [4.78, 5) is 18.4. The van der Waals surface area contributed by atoms with E-state index >= 15 is 0 Å². The fourth-order valence-electron chi connectivity index (χ4n) is 0.712. The molecule has 12 heavy (non-hydrogen) atoms. The number of nitrogens with zero attached hydrogens (tertiary/aromatic N) is 2. The first-order valence-electron chi connectivity index (χ1n) is 3.15. The Morgan fingerprint density at radius 1 is 1.67 bits per heavy atom. The molecule has 0 aliphatic carbocycles. The summed E-state index contributed by atoms with van der Waals surface area (Å²) in [6.07, 6.45) is 1.20. The predicted molar refractivity (Wildman–Crippen MR) is 44.8 cm³/mol. The van der Waals surface area contributed by atoms with E-state index in [0.29, 0.717) is 0 Å². The lowest BCUT2D eigenvalue weighted by Crippen LogP contribution is -2.20. The van der Waals surface area contributed by atoms with E-state index in [4.69, 9.17) is 17.3 Å². The van der Waals surface area contributed by atoms with Crippen molar-refractivity contribution in [2.24, 2.45) is 0 Å². The van der Waals surface area contributed by atoms with E-state index in [9.17, 15) is 4.79 Å². The summed E-state index contributed by atoms with van der Waals surface area (Å²) in [6.45, 7) is 0. The average Bonchev–Trinajstić information content (AvgIpc) is 2.03. The number of anilines is 1. The van der Waals surface area contributed by atoms with Crippen LogP contribution in [-0.2, 0) is 0 Å². The summed E-state index contributed by atoms with van der Waals surface area (Å²) >= 11 is 5.61. The van der Waals surface area contributed by atoms with Gasteiger partial charge in [0.1, 0.15) is 22.9 Å². The number of amides is 1. The third-order valence-electron chi connectivity index (χ3n) is 1.28. The number of aromatic nitrogens is 2. The molecule has 0 fully saturated rings. The topological polar surface area (TPSA) is 80.9 Å². The standard InChI is InChI=1S/C6H7ClN4O/c1-9-6(12)3-4(7)10-2-11-5(3)8/h2H,1H3,(H,9,12)(H2,8,10,11). The highest BCUT2D eigenvalue weighted by atomic mass is 35.5. The SMILES string of the molecule is CNC(=O)c1c(N)ncnc1Cl. The Hall–Kier alpha value is -1.36. The van der Waals surface area contributed by atoms with Crippen LogP contribution in [0.15, 0.2) is 6.33 Å². The van der Waals surface area contributed by atoms with Gasteiger partial charge in [-0.1, -0.05) is 11.6 Å². The summed E-state index contributed by atoms with van der Waals surface area (Å²) in [5, 5.41) is 2.44. The van der Waals surface area contributed by atoms with E-state index in [1.54, 1.807) is 0 Å². The maximum atomic E-state index is 11.1. The summed E-state index contributed by atoms with van der Waals surface area (Å²) in [5.41, 5.74) is 5.51. The highest BCUT2D eigenvalue weighted by molar-refractivity contribution is 6.33. The molecule has 0 aliphatic heterocycles. The van der Waals surface area contributed by atoms with Gasteiger partial charge in [0.05, 0.1) is 0 Å². The van der Waals surface area contributed by atoms with E-state index in [2.05, 4.69) is 15.3 Å². The number of nitrogens with one attached hydrogen (secondary N) is 1. The first-order valence-corrected chi connectivity index (χ1v) is 3.52. The molecule has 1 rings (SSSR count). The highest BCUT2D eigenvalue weighted by Gasteiger charge is 2.13. The molecule has 6 heteroatoms. The van der Waals surface area contributed by atoms with Gasteiger partial charge in [0.2, 0.25) is 0 Å². The molecule has 0 aliphatic rings. The van der Waals surface area contributed by atoms with Crippen LogP contribution in [-0.4, -0.2) is 22.9 Å². The molecular formula is C6H7ClN4O. The average molecular weight is 187 g/mol. The van der Waals surface area contributed by atoms with Crippen molar-refractivity contribution in [1.29, 1.82) is 0 Å². The Morgan fingerprint density at radius 2 is 2.33 bits per heavy atom. The van der Waals surface area contributed by atoms with Crippen LogP contribution in [0.25, 0.3) is 0 Å². The van der Waals surface area contributed by atoms with Gasteiger partial charge in [-0.05, 0) is 0 Å². The van der Waals surface area contributed by atoms with Gasteiger partial charge in [-0.25, -0.2) is 9.97 Å². The maximum absolute atomic E-state index is 11.1. The second-order valence-corrected chi connectivity index (χ2v) is 2.36. The van der Waals surface area contributed by atoms with E-state index in [1.807, 2.05) is 0 Å². The van der Waals surface area contributed by atoms with Gasteiger partial charge in [-0.15, -0.1) is 0 Å². The zero-order valence-electron chi connectivity index (χ0n) is 6.34. The molecule has 0 atom stereocenters. The minimum absolute atomic E-state index is 0.0573. The van der Waals surface area contributed by atoms with Crippen LogP contribution >= 0.6 is 11.6 Å². The molecule has 3 N–H and O–H groups in total. The normalized spacial score (nSPS) is 9.50. The van der Waals surface area contributed by atoms with Crippen LogP contribution < -0.4 is 11.1 Å². The lowest BCUT2D eigenvalue weighted by Gasteiger charge is -2.02. The quantitative estimate of drug-likeness (QED) is 0.609. The van der Waals surface area contributed by atoms with Crippen molar-refractivity contribution < 1.29 is 4.79 Å². The molecule has 64 valence electrons. The van der Waals surface area contributed by atoms with Gasteiger partial charge < -0.3 is 11.1 Å². The Bertz CT molecular complexity index is 294. The number of halogens is 1. The third kappa shape index (κ3) is 1.45. The lowest BCUT2D eigenvalue weighted by atomic mass is 10.3. The number of rotatable bonds is 1. The zero-order chi connectivity index (χ0) is 9.14.